The van der Waals surface area contributed by atoms with Gasteiger partial charge in [0.05, 0.1) is 11.3 Å². The first-order valence-electron chi connectivity index (χ1n) is 10.2. The van der Waals surface area contributed by atoms with Gasteiger partial charge in [-0.25, -0.2) is 0 Å². The smallest absolute Gasteiger partial charge is 0.269 e. The maximum atomic E-state index is 13.1. The molecule has 3 aromatic carbocycles. The molecule has 0 saturated heterocycles. The van der Waals surface area contributed by atoms with E-state index in [0.717, 1.165) is 5.56 Å². The highest BCUT2D eigenvalue weighted by molar-refractivity contribution is 6.35. The average Bonchev–Trinajstić information content (AvgIpc) is 3.25. The number of carbonyl (C=O) groups is 1. The van der Waals surface area contributed by atoms with Gasteiger partial charge in [0.25, 0.3) is 5.91 Å². The van der Waals surface area contributed by atoms with E-state index >= 15 is 0 Å². The highest BCUT2D eigenvalue weighted by Gasteiger charge is 2.20. The van der Waals surface area contributed by atoms with Crippen molar-refractivity contribution in [3.05, 3.63) is 112 Å². The summed E-state index contributed by atoms with van der Waals surface area (Å²) >= 11 is 12.2. The van der Waals surface area contributed by atoms with Crippen molar-refractivity contribution in [2.75, 3.05) is 6.54 Å². The number of halogens is 2. The summed E-state index contributed by atoms with van der Waals surface area (Å²) in [5, 5.41) is 13.6. The Morgan fingerprint density at radius 1 is 1.00 bits per heavy atom. The highest BCUT2D eigenvalue weighted by atomic mass is 35.5. The maximum Gasteiger partial charge on any atom is 0.269 e. The second kappa shape index (κ2) is 10.3. The molecule has 0 aliphatic rings. The van der Waals surface area contributed by atoms with Gasteiger partial charge in [0.2, 0.25) is 0 Å². The van der Waals surface area contributed by atoms with Crippen molar-refractivity contribution in [1.82, 2.24) is 9.88 Å². The van der Waals surface area contributed by atoms with Gasteiger partial charge in [-0.15, -0.1) is 0 Å². The minimum Gasteiger partial charge on any atom is -0.455 e. The van der Waals surface area contributed by atoms with Crippen molar-refractivity contribution in [3.63, 3.8) is 0 Å². The third-order valence-electron chi connectivity index (χ3n) is 5.01. The van der Waals surface area contributed by atoms with Gasteiger partial charge >= 0.3 is 0 Å². The molecule has 0 atom stereocenters. The topological polar surface area (TPSA) is 67.0 Å². The Morgan fingerprint density at radius 2 is 1.76 bits per heavy atom. The fourth-order valence-corrected chi connectivity index (χ4v) is 3.93. The molecule has 33 heavy (non-hydrogen) atoms. The van der Waals surface area contributed by atoms with Gasteiger partial charge in [0.15, 0.2) is 5.75 Å². The normalized spacial score (nSPS) is 10.5. The summed E-state index contributed by atoms with van der Waals surface area (Å²) < 4.78 is 7.71. The second-order valence-electron chi connectivity index (χ2n) is 7.18. The van der Waals surface area contributed by atoms with E-state index in [1.54, 1.807) is 29.0 Å². The third-order valence-corrected chi connectivity index (χ3v) is 5.60. The molecule has 4 aromatic rings. The summed E-state index contributed by atoms with van der Waals surface area (Å²) in [5.74, 6) is 0.866. The van der Waals surface area contributed by atoms with Gasteiger partial charge in [-0.2, -0.15) is 5.26 Å². The first-order valence-corrected chi connectivity index (χ1v) is 11.0. The zero-order valence-corrected chi connectivity index (χ0v) is 19.0. The maximum absolute atomic E-state index is 13.1. The summed E-state index contributed by atoms with van der Waals surface area (Å²) in [6.45, 7) is 0.346. The van der Waals surface area contributed by atoms with Crippen LogP contribution in [0.25, 0.3) is 5.69 Å². The van der Waals surface area contributed by atoms with Crippen LogP contribution < -0.4 is 10.1 Å². The van der Waals surface area contributed by atoms with Crippen LogP contribution in [0.15, 0.2) is 85.1 Å². The molecule has 1 aromatic heterocycles. The van der Waals surface area contributed by atoms with Crippen LogP contribution in [-0.4, -0.2) is 17.0 Å². The fraction of sp³-hybridized carbons (Fsp3) is 0.0769. The molecule has 164 valence electrons. The number of hydrogen-bond donors (Lipinski definition) is 1. The zero-order chi connectivity index (χ0) is 23.2. The Labute approximate surface area is 201 Å². The van der Waals surface area contributed by atoms with Crippen molar-refractivity contribution < 1.29 is 9.53 Å². The van der Waals surface area contributed by atoms with E-state index in [1.807, 2.05) is 60.7 Å². The number of hydrogen-bond acceptors (Lipinski definition) is 3. The SMILES string of the molecule is N#Cc1ccn(-c2ccccc2Oc2ccccc2)c1C(=O)NCCc1ccc(Cl)cc1Cl. The molecule has 0 saturated carbocycles. The lowest BCUT2D eigenvalue weighted by Gasteiger charge is -2.15. The predicted molar refractivity (Wildman–Crippen MR) is 129 cm³/mol. The van der Waals surface area contributed by atoms with Gasteiger partial charge in [-0.1, -0.05) is 59.6 Å². The van der Waals surface area contributed by atoms with Gasteiger partial charge < -0.3 is 14.6 Å². The van der Waals surface area contributed by atoms with Crippen LogP contribution >= 0.6 is 23.2 Å². The van der Waals surface area contributed by atoms with E-state index in [0.29, 0.717) is 40.2 Å². The number of nitrogens with zero attached hydrogens (tertiary/aromatic N) is 2. The lowest BCUT2D eigenvalue weighted by atomic mass is 10.1. The number of nitrogens with one attached hydrogen (secondary N) is 1. The molecule has 5 nitrogen and oxygen atoms in total. The number of nitriles is 1. The van der Waals surface area contributed by atoms with Crippen molar-refractivity contribution in [2.24, 2.45) is 0 Å². The Hall–Kier alpha value is -3.72. The number of amides is 1. The molecule has 0 unspecified atom stereocenters. The number of aromatic nitrogens is 1. The third kappa shape index (κ3) is 5.20. The molecule has 1 heterocycles. The lowest BCUT2D eigenvalue weighted by molar-refractivity contribution is 0.0947. The Kier molecular flexibility index (Phi) is 6.99. The average molecular weight is 476 g/mol. The highest BCUT2D eigenvalue weighted by Crippen LogP contribution is 2.30. The predicted octanol–water partition coefficient (Wildman–Crippen LogP) is 6.42. The molecular formula is C26H19Cl2N3O2. The Bertz CT molecular complexity index is 1330. The molecule has 0 spiro atoms. The van der Waals surface area contributed by atoms with Crippen LogP contribution in [0.3, 0.4) is 0 Å². The van der Waals surface area contributed by atoms with Crippen LogP contribution in [0.5, 0.6) is 11.5 Å². The van der Waals surface area contributed by atoms with Gasteiger partial charge in [0, 0.05) is 22.8 Å². The molecule has 1 N–H and O–H groups in total. The Balaban J connectivity index is 1.58. The molecule has 7 heteroatoms. The monoisotopic (exact) mass is 475 g/mol. The minimum atomic E-state index is -0.365. The number of ether oxygens (including phenoxy) is 1. The molecule has 0 fully saturated rings. The first-order chi connectivity index (χ1) is 16.1. The van der Waals surface area contributed by atoms with Gasteiger partial charge in [-0.05, 0) is 54.4 Å². The zero-order valence-electron chi connectivity index (χ0n) is 17.5. The molecule has 4 rings (SSSR count). The number of rotatable bonds is 7. The van der Waals surface area contributed by atoms with E-state index < -0.39 is 0 Å². The molecular weight excluding hydrogens is 457 g/mol. The Morgan fingerprint density at radius 3 is 2.52 bits per heavy atom. The quantitative estimate of drug-likeness (QED) is 0.335. The summed E-state index contributed by atoms with van der Waals surface area (Å²) in [6.07, 6.45) is 2.22. The van der Waals surface area contributed by atoms with Crippen LogP contribution in [0, 0.1) is 11.3 Å². The van der Waals surface area contributed by atoms with Crippen molar-refractivity contribution in [3.8, 4) is 23.3 Å². The van der Waals surface area contributed by atoms with Crippen molar-refractivity contribution in [2.45, 2.75) is 6.42 Å². The van der Waals surface area contributed by atoms with Crippen LogP contribution in [0.1, 0.15) is 21.6 Å². The minimum absolute atomic E-state index is 0.240. The van der Waals surface area contributed by atoms with Gasteiger partial charge in [-0.3, -0.25) is 4.79 Å². The number of benzene rings is 3. The summed E-state index contributed by atoms with van der Waals surface area (Å²) in [6, 6.07) is 25.7. The van der Waals surface area contributed by atoms with Crippen LogP contribution in [0.4, 0.5) is 0 Å². The summed E-state index contributed by atoms with van der Waals surface area (Å²) in [7, 11) is 0. The van der Waals surface area contributed by atoms with Gasteiger partial charge in [0.1, 0.15) is 17.5 Å². The van der Waals surface area contributed by atoms with E-state index in [2.05, 4.69) is 11.4 Å². The first kappa shape index (κ1) is 22.5. The number of carbonyl (C=O) groups excluding carboxylic acids is 1. The van der Waals surface area contributed by atoms with E-state index in [4.69, 9.17) is 27.9 Å². The second-order valence-corrected chi connectivity index (χ2v) is 8.03. The van der Waals surface area contributed by atoms with Crippen LogP contribution in [0.2, 0.25) is 10.0 Å². The van der Waals surface area contributed by atoms with E-state index in [9.17, 15) is 10.1 Å². The van der Waals surface area contributed by atoms with E-state index in [-0.39, 0.29) is 17.2 Å². The van der Waals surface area contributed by atoms with Crippen molar-refractivity contribution in [1.29, 1.82) is 5.26 Å². The standard InChI is InChI=1S/C26H19Cl2N3O2/c27-20-11-10-18(22(28)16-20)12-14-30-26(32)25-19(17-29)13-15-31(25)23-8-4-5-9-24(23)33-21-6-2-1-3-7-21/h1-11,13,15-16H,12,14H2,(H,30,32). The molecule has 0 bridgehead atoms. The molecule has 0 aliphatic carbocycles. The van der Waals surface area contributed by atoms with Crippen LogP contribution in [-0.2, 0) is 6.42 Å². The fourth-order valence-electron chi connectivity index (χ4n) is 3.43. The largest absolute Gasteiger partial charge is 0.455 e. The number of para-hydroxylation sites is 3. The molecule has 1 amide bonds. The summed E-state index contributed by atoms with van der Waals surface area (Å²) in [4.78, 5) is 13.1. The van der Waals surface area contributed by atoms with Crippen molar-refractivity contribution >= 4 is 29.1 Å². The molecule has 0 aliphatic heterocycles. The lowest BCUT2D eigenvalue weighted by Crippen LogP contribution is -2.28. The van der Waals surface area contributed by atoms with E-state index in [1.165, 1.54) is 0 Å². The summed E-state index contributed by atoms with van der Waals surface area (Å²) in [5.41, 5.74) is 2.03. The molecule has 0 radical (unpaired) electrons.